The molecule has 0 bridgehead atoms. The molecule has 0 aromatic heterocycles. The molecule has 1 aliphatic heterocycles. The molecule has 2 heteroatoms. The normalized spacial score (nSPS) is 34.7. The molecule has 3 rings (SSSR count). The topological polar surface area (TPSA) is 15.3 Å². The van der Waals surface area contributed by atoms with Crippen LogP contribution in [0.2, 0.25) is 0 Å². The fourth-order valence-corrected chi connectivity index (χ4v) is 2.75. The molecule has 0 amide bonds. The van der Waals surface area contributed by atoms with Gasteiger partial charge in [0.2, 0.25) is 0 Å². The summed E-state index contributed by atoms with van der Waals surface area (Å²) in [5, 5.41) is 3.55. The predicted molar refractivity (Wildman–Crippen MR) is 58.3 cm³/mol. The molecule has 0 radical (unpaired) electrons. The van der Waals surface area contributed by atoms with Gasteiger partial charge < -0.3 is 5.32 Å². The molecule has 1 heterocycles. The van der Waals surface area contributed by atoms with Gasteiger partial charge in [-0.25, -0.2) is 0 Å². The molecule has 0 spiro atoms. The van der Waals surface area contributed by atoms with Crippen molar-refractivity contribution >= 4 is 0 Å². The fraction of sp³-hybridized carbons (Fsp3) is 1.00. The third-order valence-electron chi connectivity index (χ3n) is 4.09. The number of nitrogens with one attached hydrogen (secondary N) is 1. The van der Waals surface area contributed by atoms with Gasteiger partial charge in [-0.2, -0.15) is 0 Å². The van der Waals surface area contributed by atoms with Gasteiger partial charge in [0.1, 0.15) is 0 Å². The highest BCUT2D eigenvalue weighted by Gasteiger charge is 2.36. The molecule has 1 unspecified atom stereocenters. The van der Waals surface area contributed by atoms with Crippen LogP contribution in [0.4, 0.5) is 0 Å². The van der Waals surface area contributed by atoms with E-state index >= 15 is 0 Å². The van der Waals surface area contributed by atoms with E-state index in [9.17, 15) is 0 Å². The van der Waals surface area contributed by atoms with Crippen LogP contribution in [0.5, 0.6) is 0 Å². The Hall–Kier alpha value is -0.0800. The second-order valence-electron chi connectivity index (χ2n) is 5.38. The summed E-state index contributed by atoms with van der Waals surface area (Å²) in [5.41, 5.74) is 0. The molecule has 0 aromatic rings. The van der Waals surface area contributed by atoms with E-state index in [2.05, 4.69) is 10.2 Å². The summed E-state index contributed by atoms with van der Waals surface area (Å²) in [6, 6.07) is 0.891. The van der Waals surface area contributed by atoms with Crippen LogP contribution in [-0.2, 0) is 0 Å². The maximum absolute atomic E-state index is 3.55. The van der Waals surface area contributed by atoms with E-state index in [0.29, 0.717) is 0 Å². The van der Waals surface area contributed by atoms with Crippen molar-refractivity contribution in [2.24, 2.45) is 11.8 Å². The van der Waals surface area contributed by atoms with Gasteiger partial charge in [-0.3, -0.25) is 4.90 Å². The lowest BCUT2D eigenvalue weighted by atomic mass is 10.1. The van der Waals surface area contributed by atoms with Gasteiger partial charge in [-0.05, 0) is 37.6 Å². The number of hydrogen-bond donors (Lipinski definition) is 1. The van der Waals surface area contributed by atoms with Crippen LogP contribution in [0.25, 0.3) is 0 Å². The summed E-state index contributed by atoms with van der Waals surface area (Å²) in [7, 11) is 0. The Morgan fingerprint density at radius 1 is 1.14 bits per heavy atom. The van der Waals surface area contributed by atoms with E-state index in [1.807, 2.05) is 0 Å². The van der Waals surface area contributed by atoms with Crippen molar-refractivity contribution in [3.63, 3.8) is 0 Å². The van der Waals surface area contributed by atoms with Crippen LogP contribution in [-0.4, -0.2) is 37.1 Å². The lowest BCUT2D eigenvalue weighted by Gasteiger charge is -2.36. The van der Waals surface area contributed by atoms with Crippen LogP contribution in [0, 0.1) is 11.8 Å². The van der Waals surface area contributed by atoms with E-state index in [1.165, 1.54) is 58.3 Å². The molecular formula is C12H22N2. The Morgan fingerprint density at radius 3 is 2.71 bits per heavy atom. The van der Waals surface area contributed by atoms with Gasteiger partial charge in [-0.1, -0.05) is 12.8 Å². The number of rotatable bonds is 4. The molecule has 3 fully saturated rings. The average Bonchev–Trinajstić information content (AvgIpc) is 3.07. The Labute approximate surface area is 87.0 Å². The first-order valence-corrected chi connectivity index (χ1v) is 6.38. The first kappa shape index (κ1) is 9.17. The average molecular weight is 194 g/mol. The minimum Gasteiger partial charge on any atom is -0.314 e. The standard InChI is InChI=1S/C12H22N2/c1-2-10(1)5-7-14-8-6-13-9-12(14)11-3-4-11/h10-13H,1-9H2. The minimum absolute atomic E-state index is 0.891. The third kappa shape index (κ3) is 2.12. The molecule has 0 aromatic carbocycles. The van der Waals surface area contributed by atoms with Gasteiger partial charge in [0.15, 0.2) is 0 Å². The summed E-state index contributed by atoms with van der Waals surface area (Å²) in [5.74, 6) is 2.15. The molecule has 3 aliphatic rings. The molecule has 2 saturated carbocycles. The van der Waals surface area contributed by atoms with E-state index < -0.39 is 0 Å². The summed E-state index contributed by atoms with van der Waals surface area (Å²) in [6.07, 6.45) is 7.49. The van der Waals surface area contributed by atoms with Crippen LogP contribution >= 0.6 is 0 Å². The van der Waals surface area contributed by atoms with Crippen LogP contribution < -0.4 is 5.32 Å². The van der Waals surface area contributed by atoms with Crippen LogP contribution in [0.1, 0.15) is 32.1 Å². The van der Waals surface area contributed by atoms with E-state index in [-0.39, 0.29) is 0 Å². The van der Waals surface area contributed by atoms with Gasteiger partial charge >= 0.3 is 0 Å². The molecule has 1 saturated heterocycles. The molecule has 2 nitrogen and oxygen atoms in total. The van der Waals surface area contributed by atoms with Crippen molar-refractivity contribution in [2.45, 2.75) is 38.1 Å². The monoisotopic (exact) mass is 194 g/mol. The molecule has 14 heavy (non-hydrogen) atoms. The van der Waals surface area contributed by atoms with Crippen molar-refractivity contribution in [1.29, 1.82) is 0 Å². The minimum atomic E-state index is 0.891. The van der Waals surface area contributed by atoms with Gasteiger partial charge in [0.25, 0.3) is 0 Å². The third-order valence-corrected chi connectivity index (χ3v) is 4.09. The SMILES string of the molecule is C1CN(CCC2CC2)C(C2CC2)CN1. The maximum Gasteiger partial charge on any atom is 0.0249 e. The Bertz CT molecular complexity index is 196. The van der Waals surface area contributed by atoms with Crippen LogP contribution in [0.15, 0.2) is 0 Å². The zero-order valence-electron chi connectivity index (χ0n) is 9.04. The molecular weight excluding hydrogens is 172 g/mol. The van der Waals surface area contributed by atoms with Gasteiger partial charge in [0.05, 0.1) is 0 Å². The van der Waals surface area contributed by atoms with E-state index in [4.69, 9.17) is 0 Å². The van der Waals surface area contributed by atoms with Crippen molar-refractivity contribution in [1.82, 2.24) is 10.2 Å². The molecule has 1 atom stereocenters. The summed E-state index contributed by atoms with van der Waals surface area (Å²) < 4.78 is 0. The first-order chi connectivity index (χ1) is 6.93. The summed E-state index contributed by atoms with van der Waals surface area (Å²) in [6.45, 7) is 5.16. The van der Waals surface area contributed by atoms with Crippen molar-refractivity contribution in [3.8, 4) is 0 Å². The van der Waals surface area contributed by atoms with E-state index in [1.54, 1.807) is 0 Å². The number of nitrogens with zero attached hydrogens (tertiary/aromatic N) is 1. The predicted octanol–water partition coefficient (Wildman–Crippen LogP) is 1.47. The van der Waals surface area contributed by atoms with Crippen molar-refractivity contribution in [2.75, 3.05) is 26.2 Å². The maximum atomic E-state index is 3.55. The quantitative estimate of drug-likeness (QED) is 0.729. The van der Waals surface area contributed by atoms with Gasteiger partial charge in [-0.15, -0.1) is 0 Å². The first-order valence-electron chi connectivity index (χ1n) is 6.38. The highest BCUT2D eigenvalue weighted by atomic mass is 15.2. The highest BCUT2D eigenvalue weighted by Crippen LogP contribution is 2.37. The largest absolute Gasteiger partial charge is 0.314 e. The summed E-state index contributed by atoms with van der Waals surface area (Å²) in [4.78, 5) is 2.77. The highest BCUT2D eigenvalue weighted by molar-refractivity contribution is 4.92. The summed E-state index contributed by atoms with van der Waals surface area (Å²) >= 11 is 0. The zero-order valence-corrected chi connectivity index (χ0v) is 9.04. The fourth-order valence-electron chi connectivity index (χ4n) is 2.75. The van der Waals surface area contributed by atoms with Gasteiger partial charge in [0, 0.05) is 25.7 Å². The van der Waals surface area contributed by atoms with E-state index in [0.717, 1.165) is 17.9 Å². The second kappa shape index (κ2) is 3.82. The zero-order chi connectivity index (χ0) is 9.38. The van der Waals surface area contributed by atoms with Crippen LogP contribution in [0.3, 0.4) is 0 Å². The Kier molecular flexibility index (Phi) is 2.50. The van der Waals surface area contributed by atoms with Crippen molar-refractivity contribution in [3.05, 3.63) is 0 Å². The Balaban J connectivity index is 1.50. The molecule has 80 valence electrons. The smallest absolute Gasteiger partial charge is 0.0249 e. The number of piperazine rings is 1. The lowest BCUT2D eigenvalue weighted by molar-refractivity contribution is 0.140. The Morgan fingerprint density at radius 2 is 2.00 bits per heavy atom. The lowest BCUT2D eigenvalue weighted by Crippen LogP contribution is -2.52. The molecule has 1 N–H and O–H groups in total. The second-order valence-corrected chi connectivity index (χ2v) is 5.38. The van der Waals surface area contributed by atoms with Crippen molar-refractivity contribution < 1.29 is 0 Å². The molecule has 2 aliphatic carbocycles. The number of hydrogen-bond acceptors (Lipinski definition) is 2.